The molecule has 2 fully saturated rings. The first-order valence-corrected chi connectivity index (χ1v) is 8.72. The van der Waals surface area contributed by atoms with Gasteiger partial charge < -0.3 is 9.80 Å². The molecule has 1 aromatic rings. The molecule has 120 valence electrons. The second-order valence-electron chi connectivity index (χ2n) is 7.06. The topological polar surface area (TPSA) is 23.6 Å². The van der Waals surface area contributed by atoms with E-state index in [2.05, 4.69) is 28.9 Å². The van der Waals surface area contributed by atoms with Gasteiger partial charge >= 0.3 is 0 Å². The summed E-state index contributed by atoms with van der Waals surface area (Å²) in [5, 5.41) is 0. The second-order valence-corrected chi connectivity index (χ2v) is 7.06. The Kier molecular flexibility index (Phi) is 4.70. The van der Waals surface area contributed by atoms with Crippen LogP contribution in [0.4, 0.5) is 5.69 Å². The third-order valence-corrected chi connectivity index (χ3v) is 5.63. The number of hydrogen-bond donors (Lipinski definition) is 0. The first kappa shape index (κ1) is 15.4. The Morgan fingerprint density at radius 2 is 1.91 bits per heavy atom. The Hall–Kier alpha value is -1.51. The molecule has 1 aromatic carbocycles. The smallest absolute Gasteiger partial charge is 0.242 e. The van der Waals surface area contributed by atoms with Crippen molar-refractivity contribution >= 4 is 11.6 Å². The van der Waals surface area contributed by atoms with Crippen molar-refractivity contribution in [3.8, 4) is 0 Å². The number of rotatable bonds is 3. The van der Waals surface area contributed by atoms with Gasteiger partial charge in [0.15, 0.2) is 0 Å². The van der Waals surface area contributed by atoms with Gasteiger partial charge in [0.25, 0.3) is 0 Å². The van der Waals surface area contributed by atoms with Gasteiger partial charge in [-0.3, -0.25) is 4.79 Å². The van der Waals surface area contributed by atoms with Crippen molar-refractivity contribution in [2.75, 3.05) is 25.0 Å². The lowest BCUT2D eigenvalue weighted by molar-refractivity contribution is -0.137. The number of anilines is 1. The number of likely N-dealkylation sites (tertiary alicyclic amines) is 1. The van der Waals surface area contributed by atoms with Crippen molar-refractivity contribution in [1.82, 2.24) is 4.90 Å². The first-order chi connectivity index (χ1) is 10.7. The molecule has 3 atom stereocenters. The van der Waals surface area contributed by atoms with E-state index in [1.54, 1.807) is 0 Å². The second kappa shape index (κ2) is 6.72. The number of amides is 1. The lowest BCUT2D eigenvalue weighted by Gasteiger charge is -2.47. The lowest BCUT2D eigenvalue weighted by atomic mass is 9.72. The lowest BCUT2D eigenvalue weighted by Crippen LogP contribution is -2.54. The Bertz CT molecular complexity index is 501. The summed E-state index contributed by atoms with van der Waals surface area (Å²) >= 11 is 0. The summed E-state index contributed by atoms with van der Waals surface area (Å²) in [5.74, 6) is 1.81. The molecule has 0 aromatic heterocycles. The van der Waals surface area contributed by atoms with Crippen molar-refractivity contribution in [2.45, 2.75) is 45.1 Å². The number of piperidine rings is 1. The Balaban J connectivity index is 1.66. The Morgan fingerprint density at radius 3 is 2.68 bits per heavy atom. The molecule has 0 unspecified atom stereocenters. The van der Waals surface area contributed by atoms with Crippen molar-refractivity contribution in [3.05, 3.63) is 30.3 Å². The van der Waals surface area contributed by atoms with Gasteiger partial charge in [0.05, 0.1) is 6.54 Å². The average molecular weight is 300 g/mol. The number of likely N-dealkylation sites (N-methyl/N-ethyl adjacent to an activating group) is 1. The van der Waals surface area contributed by atoms with Gasteiger partial charge in [0.1, 0.15) is 0 Å². The summed E-state index contributed by atoms with van der Waals surface area (Å²) < 4.78 is 0. The normalized spacial score (nSPS) is 28.1. The molecule has 0 bridgehead atoms. The van der Waals surface area contributed by atoms with Crippen molar-refractivity contribution in [2.24, 2.45) is 11.8 Å². The third kappa shape index (κ3) is 3.13. The molecule has 1 aliphatic carbocycles. The van der Waals surface area contributed by atoms with E-state index in [4.69, 9.17) is 0 Å². The number of nitrogens with zero attached hydrogens (tertiary/aromatic N) is 2. The van der Waals surface area contributed by atoms with E-state index >= 15 is 0 Å². The van der Waals surface area contributed by atoms with Gasteiger partial charge in [0.2, 0.25) is 5.91 Å². The maximum atomic E-state index is 12.8. The Labute approximate surface area is 134 Å². The molecule has 1 saturated carbocycles. The zero-order valence-electron chi connectivity index (χ0n) is 13.9. The van der Waals surface area contributed by atoms with Gasteiger partial charge in [-0.25, -0.2) is 0 Å². The Morgan fingerprint density at radius 1 is 1.18 bits per heavy atom. The quantitative estimate of drug-likeness (QED) is 0.852. The van der Waals surface area contributed by atoms with E-state index in [1.807, 2.05) is 25.2 Å². The van der Waals surface area contributed by atoms with Crippen LogP contribution in [0.5, 0.6) is 0 Å². The number of carbonyl (C=O) groups excluding carboxylic acids is 1. The van der Waals surface area contributed by atoms with Crippen LogP contribution >= 0.6 is 0 Å². The molecule has 0 spiro atoms. The van der Waals surface area contributed by atoms with Gasteiger partial charge in [0, 0.05) is 25.3 Å². The summed E-state index contributed by atoms with van der Waals surface area (Å²) in [6.45, 7) is 3.81. The molecule has 2 aliphatic rings. The molecule has 1 heterocycles. The van der Waals surface area contributed by atoms with E-state index in [0.717, 1.165) is 24.1 Å². The fourth-order valence-electron chi connectivity index (χ4n) is 4.29. The van der Waals surface area contributed by atoms with E-state index in [-0.39, 0.29) is 0 Å². The highest BCUT2D eigenvalue weighted by Crippen LogP contribution is 2.38. The van der Waals surface area contributed by atoms with E-state index in [1.165, 1.54) is 32.1 Å². The maximum Gasteiger partial charge on any atom is 0.242 e. The van der Waals surface area contributed by atoms with Gasteiger partial charge in [-0.15, -0.1) is 0 Å². The molecule has 3 rings (SSSR count). The van der Waals surface area contributed by atoms with Gasteiger partial charge in [-0.2, -0.15) is 0 Å². The molecular weight excluding hydrogens is 272 g/mol. The third-order valence-electron chi connectivity index (χ3n) is 5.63. The molecule has 1 aliphatic heterocycles. The highest BCUT2D eigenvalue weighted by molar-refractivity contribution is 5.81. The first-order valence-electron chi connectivity index (χ1n) is 8.72. The van der Waals surface area contributed by atoms with Crippen LogP contribution in [0.15, 0.2) is 30.3 Å². The van der Waals surface area contributed by atoms with Crippen LogP contribution in [0.1, 0.15) is 39.0 Å². The van der Waals surface area contributed by atoms with Gasteiger partial charge in [-0.05, 0) is 43.2 Å². The van der Waals surface area contributed by atoms with E-state index < -0.39 is 0 Å². The SMILES string of the molecule is C[C@@H]1CCN(C(=O)CN(C)c2ccccc2)[C@@H]2CCCC[C@H]12. The molecule has 3 nitrogen and oxygen atoms in total. The van der Waals surface area contributed by atoms with Crippen LogP contribution in [-0.2, 0) is 4.79 Å². The molecule has 0 radical (unpaired) electrons. The van der Waals surface area contributed by atoms with Crippen LogP contribution in [-0.4, -0.2) is 37.0 Å². The molecule has 1 amide bonds. The number of carbonyl (C=O) groups is 1. The predicted molar refractivity (Wildman–Crippen MR) is 91.0 cm³/mol. The zero-order chi connectivity index (χ0) is 15.5. The standard InChI is InChI=1S/C19H28N2O/c1-15-12-13-21(18-11-7-6-10-17(15)18)19(22)14-20(2)16-8-4-3-5-9-16/h3-5,8-9,15,17-18H,6-7,10-14H2,1-2H3/t15-,17-,18-/m1/s1. The molecule has 0 N–H and O–H groups in total. The summed E-state index contributed by atoms with van der Waals surface area (Å²) in [6, 6.07) is 10.7. The van der Waals surface area contributed by atoms with Crippen LogP contribution in [0.2, 0.25) is 0 Å². The van der Waals surface area contributed by atoms with Crippen LogP contribution in [0.25, 0.3) is 0 Å². The average Bonchev–Trinajstić information content (AvgIpc) is 2.56. The van der Waals surface area contributed by atoms with Crippen molar-refractivity contribution < 1.29 is 4.79 Å². The van der Waals surface area contributed by atoms with Crippen molar-refractivity contribution in [1.29, 1.82) is 0 Å². The molecule has 3 heteroatoms. The van der Waals surface area contributed by atoms with Crippen molar-refractivity contribution in [3.63, 3.8) is 0 Å². The minimum atomic E-state index is 0.301. The van der Waals surface area contributed by atoms with Crippen LogP contribution in [0, 0.1) is 11.8 Å². The van der Waals surface area contributed by atoms with Crippen LogP contribution in [0.3, 0.4) is 0 Å². The number of benzene rings is 1. The fraction of sp³-hybridized carbons (Fsp3) is 0.632. The van der Waals surface area contributed by atoms with E-state index in [9.17, 15) is 4.79 Å². The summed E-state index contributed by atoms with van der Waals surface area (Å²) in [7, 11) is 2.01. The number of hydrogen-bond acceptors (Lipinski definition) is 2. The number of para-hydroxylation sites is 1. The van der Waals surface area contributed by atoms with E-state index in [0.29, 0.717) is 18.5 Å². The summed E-state index contributed by atoms with van der Waals surface area (Å²) in [6.07, 6.45) is 6.31. The molecule has 22 heavy (non-hydrogen) atoms. The predicted octanol–water partition coefficient (Wildman–Crippen LogP) is 3.55. The summed E-state index contributed by atoms with van der Waals surface area (Å²) in [5.41, 5.74) is 1.11. The maximum absolute atomic E-state index is 12.8. The van der Waals surface area contributed by atoms with Gasteiger partial charge in [-0.1, -0.05) is 38.0 Å². The minimum Gasteiger partial charge on any atom is -0.365 e. The highest BCUT2D eigenvalue weighted by atomic mass is 16.2. The largest absolute Gasteiger partial charge is 0.365 e. The number of fused-ring (bicyclic) bond motifs is 1. The molecule has 1 saturated heterocycles. The minimum absolute atomic E-state index is 0.301. The zero-order valence-corrected chi connectivity index (χ0v) is 13.9. The monoisotopic (exact) mass is 300 g/mol. The highest BCUT2D eigenvalue weighted by Gasteiger charge is 2.39. The molecular formula is C19H28N2O. The summed E-state index contributed by atoms with van der Waals surface area (Å²) in [4.78, 5) is 17.1. The van der Waals surface area contributed by atoms with Crippen LogP contribution < -0.4 is 4.90 Å². The fourth-order valence-corrected chi connectivity index (χ4v) is 4.29.